The molecular weight excluding hydrogens is 388 g/mol. The molecule has 0 spiro atoms. The Hall–Kier alpha value is -1.96. The summed E-state index contributed by atoms with van der Waals surface area (Å²) in [5.74, 6) is -0.760. The Kier molecular flexibility index (Phi) is 10.3. The van der Waals surface area contributed by atoms with Crippen molar-refractivity contribution in [2.75, 3.05) is 19.8 Å². The van der Waals surface area contributed by atoms with Gasteiger partial charge in [0.2, 0.25) is 0 Å². The zero-order valence-corrected chi connectivity index (χ0v) is 18.4. The van der Waals surface area contributed by atoms with E-state index >= 15 is 0 Å². The van der Waals surface area contributed by atoms with Gasteiger partial charge in [0.1, 0.15) is 18.8 Å². The zero-order chi connectivity index (χ0) is 21.9. The van der Waals surface area contributed by atoms with Crippen LogP contribution < -0.4 is 0 Å². The smallest absolute Gasteiger partial charge is 0.303 e. The lowest BCUT2D eigenvalue weighted by atomic mass is 9.84. The van der Waals surface area contributed by atoms with Crippen molar-refractivity contribution in [3.8, 4) is 0 Å². The summed E-state index contributed by atoms with van der Waals surface area (Å²) in [5.41, 5.74) is 1.16. The van der Waals surface area contributed by atoms with Gasteiger partial charge in [-0.05, 0) is 18.4 Å². The molecule has 1 aromatic carbocycles. The minimum atomic E-state index is -0.553. The van der Waals surface area contributed by atoms with Gasteiger partial charge in [-0.3, -0.25) is 9.59 Å². The van der Waals surface area contributed by atoms with Crippen LogP contribution in [0.2, 0.25) is 0 Å². The van der Waals surface area contributed by atoms with Crippen LogP contribution in [0.15, 0.2) is 30.3 Å². The van der Waals surface area contributed by atoms with Crippen LogP contribution in [0.5, 0.6) is 0 Å². The minimum Gasteiger partial charge on any atom is -0.463 e. The Labute approximate surface area is 179 Å². The van der Waals surface area contributed by atoms with Gasteiger partial charge in [0.15, 0.2) is 6.29 Å². The number of ether oxygens (including phenoxy) is 5. The summed E-state index contributed by atoms with van der Waals surface area (Å²) < 4.78 is 28.2. The van der Waals surface area contributed by atoms with Gasteiger partial charge in [-0.1, -0.05) is 44.2 Å². The van der Waals surface area contributed by atoms with Crippen molar-refractivity contribution in [3.05, 3.63) is 35.9 Å². The molecule has 0 aliphatic carbocycles. The van der Waals surface area contributed by atoms with Crippen LogP contribution in [0.4, 0.5) is 0 Å². The first-order valence-electron chi connectivity index (χ1n) is 10.6. The molecule has 1 aliphatic heterocycles. The molecule has 5 unspecified atom stereocenters. The van der Waals surface area contributed by atoms with Crippen LogP contribution in [-0.4, -0.2) is 50.3 Å². The molecule has 30 heavy (non-hydrogen) atoms. The maximum Gasteiger partial charge on any atom is 0.303 e. The fourth-order valence-electron chi connectivity index (χ4n) is 3.43. The molecule has 5 atom stereocenters. The first-order chi connectivity index (χ1) is 14.4. The average Bonchev–Trinajstić information content (AvgIpc) is 2.71. The molecule has 0 bridgehead atoms. The molecule has 1 aromatic rings. The molecule has 0 radical (unpaired) electrons. The Bertz CT molecular complexity index is 648. The number of carbonyl (C=O) groups is 2. The molecular formula is C23H34O7. The van der Waals surface area contributed by atoms with Crippen molar-refractivity contribution in [3.63, 3.8) is 0 Å². The molecule has 1 heterocycles. The van der Waals surface area contributed by atoms with Gasteiger partial charge in [-0.2, -0.15) is 0 Å². The van der Waals surface area contributed by atoms with Gasteiger partial charge in [0.05, 0.1) is 6.61 Å². The lowest BCUT2D eigenvalue weighted by Gasteiger charge is -2.43. The number of hydrogen-bond acceptors (Lipinski definition) is 7. The molecule has 0 saturated carbocycles. The van der Waals surface area contributed by atoms with E-state index in [0.717, 1.165) is 18.4 Å². The van der Waals surface area contributed by atoms with E-state index in [2.05, 4.69) is 0 Å². The minimum absolute atomic E-state index is 0.00224. The Balaban J connectivity index is 1.74. The normalized spacial score (nSPS) is 26.2. The third-order valence-corrected chi connectivity index (χ3v) is 5.28. The molecule has 1 saturated heterocycles. The number of hydrogen-bond donors (Lipinski definition) is 0. The summed E-state index contributed by atoms with van der Waals surface area (Å²) in [6.07, 6.45) is 0.248. The molecule has 0 aromatic heterocycles. The van der Waals surface area contributed by atoms with Crippen molar-refractivity contribution < 1.29 is 33.3 Å². The van der Waals surface area contributed by atoms with Gasteiger partial charge in [-0.15, -0.1) is 0 Å². The van der Waals surface area contributed by atoms with Crippen LogP contribution >= 0.6 is 0 Å². The third kappa shape index (κ3) is 8.05. The summed E-state index contributed by atoms with van der Waals surface area (Å²) in [6, 6.07) is 10.1. The number of unbranched alkanes of at least 4 members (excludes halogenated alkanes) is 1. The number of carbonyl (C=O) groups excluding carboxylic acids is 2. The highest BCUT2D eigenvalue weighted by Gasteiger charge is 2.44. The van der Waals surface area contributed by atoms with Crippen LogP contribution in [0.3, 0.4) is 0 Å². The second-order valence-electron chi connectivity index (χ2n) is 7.75. The van der Waals surface area contributed by atoms with Crippen molar-refractivity contribution in [1.29, 1.82) is 0 Å². The van der Waals surface area contributed by atoms with E-state index in [-0.39, 0.29) is 24.4 Å². The summed E-state index contributed by atoms with van der Waals surface area (Å²) >= 11 is 0. The van der Waals surface area contributed by atoms with Crippen molar-refractivity contribution in [2.24, 2.45) is 11.8 Å². The Morgan fingerprint density at radius 1 is 0.967 bits per heavy atom. The monoisotopic (exact) mass is 422 g/mol. The Morgan fingerprint density at radius 3 is 2.33 bits per heavy atom. The maximum atomic E-state index is 11.5. The summed E-state index contributed by atoms with van der Waals surface area (Å²) in [7, 11) is 0. The van der Waals surface area contributed by atoms with E-state index in [0.29, 0.717) is 19.8 Å². The van der Waals surface area contributed by atoms with E-state index < -0.39 is 24.5 Å². The van der Waals surface area contributed by atoms with Crippen LogP contribution in [-0.2, 0) is 39.9 Å². The van der Waals surface area contributed by atoms with Crippen molar-refractivity contribution >= 4 is 11.9 Å². The largest absolute Gasteiger partial charge is 0.463 e. The maximum absolute atomic E-state index is 11.5. The van der Waals surface area contributed by atoms with Crippen LogP contribution in [0.1, 0.15) is 46.1 Å². The predicted molar refractivity (Wildman–Crippen MR) is 110 cm³/mol. The van der Waals surface area contributed by atoms with Gasteiger partial charge in [0.25, 0.3) is 0 Å². The van der Waals surface area contributed by atoms with Crippen LogP contribution in [0, 0.1) is 11.8 Å². The Morgan fingerprint density at radius 2 is 1.67 bits per heavy atom. The van der Waals surface area contributed by atoms with Gasteiger partial charge in [0, 0.05) is 38.9 Å². The van der Waals surface area contributed by atoms with E-state index in [4.69, 9.17) is 23.7 Å². The fraction of sp³-hybridized carbons (Fsp3) is 0.652. The quantitative estimate of drug-likeness (QED) is 0.399. The summed E-state index contributed by atoms with van der Waals surface area (Å²) in [6.45, 7) is 8.54. The fourth-order valence-corrected chi connectivity index (χ4v) is 3.43. The highest BCUT2D eigenvalue weighted by molar-refractivity contribution is 5.66. The van der Waals surface area contributed by atoms with Crippen molar-refractivity contribution in [1.82, 2.24) is 0 Å². The van der Waals surface area contributed by atoms with Gasteiger partial charge >= 0.3 is 11.9 Å². The van der Waals surface area contributed by atoms with E-state index in [9.17, 15) is 9.59 Å². The lowest BCUT2D eigenvalue weighted by Crippen LogP contribution is -2.53. The first kappa shape index (κ1) is 24.3. The SMILES string of the molecule is CC(=O)OCC1OC(OCCCCOCc2ccccc2)C(C)C(C)C1OC(C)=O. The topological polar surface area (TPSA) is 80.3 Å². The second kappa shape index (κ2) is 12.7. The molecule has 7 heteroatoms. The molecule has 2 rings (SSSR count). The first-order valence-corrected chi connectivity index (χ1v) is 10.6. The summed E-state index contributed by atoms with van der Waals surface area (Å²) in [5, 5.41) is 0. The molecule has 168 valence electrons. The predicted octanol–water partition coefficient (Wildman–Crippen LogP) is 3.49. The molecule has 1 aliphatic rings. The number of rotatable bonds is 11. The van der Waals surface area contributed by atoms with Gasteiger partial charge < -0.3 is 23.7 Å². The summed E-state index contributed by atoms with van der Waals surface area (Å²) in [4.78, 5) is 22.7. The molecule has 7 nitrogen and oxygen atoms in total. The lowest BCUT2D eigenvalue weighted by molar-refractivity contribution is -0.273. The molecule has 0 N–H and O–H groups in total. The van der Waals surface area contributed by atoms with Crippen LogP contribution in [0.25, 0.3) is 0 Å². The highest BCUT2D eigenvalue weighted by Crippen LogP contribution is 2.33. The van der Waals surface area contributed by atoms with E-state index in [1.165, 1.54) is 13.8 Å². The highest BCUT2D eigenvalue weighted by atomic mass is 16.7. The number of benzene rings is 1. The molecule has 1 fully saturated rings. The molecule has 0 amide bonds. The zero-order valence-electron chi connectivity index (χ0n) is 18.4. The third-order valence-electron chi connectivity index (χ3n) is 5.28. The van der Waals surface area contributed by atoms with E-state index in [1.54, 1.807) is 0 Å². The van der Waals surface area contributed by atoms with E-state index in [1.807, 2.05) is 44.2 Å². The standard InChI is InChI=1S/C23H34O7/c1-16-17(2)23(30-21(15-28-18(3)24)22(16)29-19(4)25)27-13-9-8-12-26-14-20-10-6-5-7-11-20/h5-7,10-11,16-17,21-23H,8-9,12-15H2,1-4H3. The number of esters is 2. The second-order valence-corrected chi connectivity index (χ2v) is 7.75. The van der Waals surface area contributed by atoms with Crippen molar-refractivity contribution in [2.45, 2.75) is 65.6 Å². The van der Waals surface area contributed by atoms with Gasteiger partial charge in [-0.25, -0.2) is 0 Å². The average molecular weight is 423 g/mol.